The largest absolute Gasteiger partial charge is 0.504 e. The van der Waals surface area contributed by atoms with Gasteiger partial charge in [0.1, 0.15) is 11.4 Å². The first-order valence-electron chi connectivity index (χ1n) is 10.7. The highest BCUT2D eigenvalue weighted by Gasteiger charge is 2.17. The zero-order valence-electron chi connectivity index (χ0n) is 19.5. The Morgan fingerprint density at radius 2 is 1.08 bits per heavy atom. The van der Waals surface area contributed by atoms with Crippen molar-refractivity contribution in [1.29, 1.82) is 0 Å². The molecule has 0 saturated carbocycles. The van der Waals surface area contributed by atoms with Gasteiger partial charge in [-0.3, -0.25) is 9.59 Å². The van der Waals surface area contributed by atoms with Gasteiger partial charge in [-0.05, 0) is 67.3 Å². The summed E-state index contributed by atoms with van der Waals surface area (Å²) >= 11 is 6.17. The number of nitrogens with zero attached hydrogens (tertiary/aromatic N) is 2. The molecule has 12 nitrogen and oxygen atoms in total. The van der Waals surface area contributed by atoms with Crippen molar-refractivity contribution in [2.75, 3.05) is 24.6 Å². The number of benzene rings is 2. The van der Waals surface area contributed by atoms with Crippen LogP contribution >= 0.6 is 53.4 Å². The predicted octanol–water partition coefficient (Wildman–Crippen LogP) is 3.09. The third-order valence-corrected chi connectivity index (χ3v) is 8.36. The molecule has 0 aliphatic heterocycles. The molecule has 2 amide bonds. The molecule has 0 aromatic heterocycles. The Morgan fingerprint density at radius 3 is 1.39 bits per heavy atom. The second-order valence-electron chi connectivity index (χ2n) is 7.49. The highest BCUT2D eigenvalue weighted by Crippen LogP contribution is 2.35. The Kier molecular flexibility index (Phi) is 12.9. The summed E-state index contributed by atoms with van der Waals surface area (Å²) in [6.45, 7) is 0.561. The monoisotopic (exact) mass is 694 g/mol. The van der Waals surface area contributed by atoms with Gasteiger partial charge in [-0.25, -0.2) is 0 Å². The normalized spacial score (nSPS) is 11.8. The molecule has 2 rings (SSSR count). The molecular formula is C22H24Br2N4O8S2. The molecule has 206 valence electrons. The topological polar surface area (TPSA) is 204 Å². The number of aromatic hydroxyl groups is 4. The molecule has 0 atom stereocenters. The number of phenols is 4. The maximum Gasteiger partial charge on any atom is 0.269 e. The highest BCUT2D eigenvalue weighted by atomic mass is 79.9. The van der Waals surface area contributed by atoms with Crippen LogP contribution in [0, 0.1) is 0 Å². The van der Waals surface area contributed by atoms with Gasteiger partial charge in [-0.15, -0.1) is 0 Å². The van der Waals surface area contributed by atoms with E-state index < -0.39 is 11.8 Å². The molecule has 8 N–H and O–H groups in total. The van der Waals surface area contributed by atoms with Crippen LogP contribution in [-0.2, 0) is 22.4 Å². The maximum absolute atomic E-state index is 12.3. The molecule has 0 bridgehead atoms. The van der Waals surface area contributed by atoms with E-state index in [1.54, 1.807) is 0 Å². The quantitative estimate of drug-likeness (QED) is 0.0384. The fourth-order valence-corrected chi connectivity index (χ4v) is 5.73. The first-order valence-corrected chi connectivity index (χ1v) is 14.8. The minimum absolute atomic E-state index is 0.0688. The van der Waals surface area contributed by atoms with Crippen molar-refractivity contribution >= 4 is 76.7 Å². The lowest BCUT2D eigenvalue weighted by atomic mass is 10.1. The molecule has 0 radical (unpaired) electrons. The van der Waals surface area contributed by atoms with Gasteiger partial charge >= 0.3 is 0 Å². The second kappa shape index (κ2) is 15.6. The van der Waals surface area contributed by atoms with Gasteiger partial charge < -0.3 is 41.5 Å². The highest BCUT2D eigenvalue weighted by molar-refractivity contribution is 9.11. The van der Waals surface area contributed by atoms with Gasteiger partial charge in [-0.1, -0.05) is 31.9 Å². The van der Waals surface area contributed by atoms with Gasteiger partial charge in [0, 0.05) is 37.4 Å². The first-order chi connectivity index (χ1) is 18.1. The number of amides is 2. The van der Waals surface area contributed by atoms with Crippen LogP contribution in [0.4, 0.5) is 0 Å². The van der Waals surface area contributed by atoms with E-state index in [1.807, 2.05) is 0 Å². The van der Waals surface area contributed by atoms with Gasteiger partial charge in [0.15, 0.2) is 23.0 Å². The lowest BCUT2D eigenvalue weighted by molar-refractivity contribution is -0.115. The first kappa shape index (κ1) is 31.4. The molecule has 0 unspecified atom stereocenters. The summed E-state index contributed by atoms with van der Waals surface area (Å²) in [4.78, 5) is 24.5. The summed E-state index contributed by atoms with van der Waals surface area (Å²) in [6, 6.07) is 5.50. The van der Waals surface area contributed by atoms with Crippen molar-refractivity contribution in [3.8, 4) is 23.0 Å². The summed E-state index contributed by atoms with van der Waals surface area (Å²) in [7, 11) is 2.88. The number of hydrogen-bond donors (Lipinski definition) is 8. The minimum atomic E-state index is -0.584. The average Bonchev–Trinajstić information content (AvgIpc) is 2.88. The molecule has 0 aliphatic rings. The Hall–Kier alpha value is -2.82. The smallest absolute Gasteiger partial charge is 0.269 e. The summed E-state index contributed by atoms with van der Waals surface area (Å²) in [5.41, 5.74) is 0.563. The van der Waals surface area contributed by atoms with Crippen LogP contribution in [0.15, 0.2) is 43.5 Å². The van der Waals surface area contributed by atoms with Crippen molar-refractivity contribution < 1.29 is 40.4 Å². The number of oxime groups is 2. The van der Waals surface area contributed by atoms with Crippen LogP contribution in [0.2, 0.25) is 0 Å². The average molecular weight is 696 g/mol. The molecular weight excluding hydrogens is 672 g/mol. The van der Waals surface area contributed by atoms with E-state index in [1.165, 1.54) is 45.9 Å². The van der Waals surface area contributed by atoms with Crippen LogP contribution in [-0.4, -0.2) is 78.7 Å². The second-order valence-corrected chi connectivity index (χ2v) is 11.9. The summed E-state index contributed by atoms with van der Waals surface area (Å²) in [5.74, 6) is -1.53. The Balaban J connectivity index is 1.66. The molecule has 0 fully saturated rings. The standard InChI is InChI=1S/C22H24Br2N4O8S2/c23-13-5-11(9-17(29)19(13)31)7-15(27-35)21(33)25-1-3-37-38-4-2-26-22(34)16(28-36)8-12-6-14(24)20(32)18(30)10-12/h5-6,9-10,29-32,35-36H,1-4,7-8H2,(H,25,33)(H,26,34). The van der Waals surface area contributed by atoms with Gasteiger partial charge in [0.05, 0.1) is 8.95 Å². The predicted molar refractivity (Wildman–Crippen MR) is 152 cm³/mol. The van der Waals surface area contributed by atoms with Gasteiger partial charge in [0.2, 0.25) is 0 Å². The van der Waals surface area contributed by atoms with E-state index in [0.29, 0.717) is 22.6 Å². The maximum atomic E-state index is 12.3. The molecule has 0 saturated heterocycles. The van der Waals surface area contributed by atoms with Gasteiger partial charge in [-0.2, -0.15) is 0 Å². The molecule has 0 spiro atoms. The molecule has 2 aromatic rings. The number of carbonyl (C=O) groups is 2. The third kappa shape index (κ3) is 9.49. The number of carbonyl (C=O) groups excluding carboxylic acids is 2. The van der Waals surface area contributed by atoms with Crippen molar-refractivity contribution in [1.82, 2.24) is 10.6 Å². The zero-order valence-corrected chi connectivity index (χ0v) is 24.3. The van der Waals surface area contributed by atoms with Crippen molar-refractivity contribution in [3.05, 3.63) is 44.3 Å². The van der Waals surface area contributed by atoms with Crippen LogP contribution in [0.25, 0.3) is 0 Å². The number of hydrogen-bond acceptors (Lipinski definition) is 12. The Morgan fingerprint density at radius 1 is 0.711 bits per heavy atom. The zero-order chi connectivity index (χ0) is 28.2. The van der Waals surface area contributed by atoms with Crippen molar-refractivity contribution in [2.45, 2.75) is 12.8 Å². The SMILES string of the molecule is O=C(NCCSSCCNC(=O)C(Cc1cc(O)c(O)c(Br)c1)=NO)C(Cc1cc(O)c(O)c(Br)c1)=NO. The van der Waals surface area contributed by atoms with E-state index in [9.17, 15) is 40.4 Å². The Bertz CT molecular complexity index is 1090. The summed E-state index contributed by atoms with van der Waals surface area (Å²) in [6.07, 6.45) is -0.138. The van der Waals surface area contributed by atoms with Crippen molar-refractivity contribution in [3.63, 3.8) is 0 Å². The molecule has 0 aliphatic carbocycles. The number of rotatable bonds is 13. The number of phenolic OH excluding ortho intramolecular Hbond substituents is 4. The van der Waals surface area contributed by atoms with Crippen LogP contribution < -0.4 is 10.6 Å². The lowest BCUT2D eigenvalue weighted by Gasteiger charge is -2.09. The number of halogens is 2. The van der Waals surface area contributed by atoms with E-state index in [2.05, 4.69) is 52.8 Å². The van der Waals surface area contributed by atoms with Crippen LogP contribution in [0.3, 0.4) is 0 Å². The molecule has 0 heterocycles. The van der Waals surface area contributed by atoms with E-state index in [0.717, 1.165) is 0 Å². The van der Waals surface area contributed by atoms with E-state index >= 15 is 0 Å². The molecule has 38 heavy (non-hydrogen) atoms. The molecule has 2 aromatic carbocycles. The Labute approximate surface area is 241 Å². The van der Waals surface area contributed by atoms with Crippen molar-refractivity contribution in [2.24, 2.45) is 10.3 Å². The fourth-order valence-electron chi connectivity index (χ4n) is 2.93. The summed E-state index contributed by atoms with van der Waals surface area (Å²) < 4.78 is 0.473. The van der Waals surface area contributed by atoms with E-state index in [-0.39, 0.29) is 69.3 Å². The number of nitrogens with one attached hydrogen (secondary N) is 2. The van der Waals surface area contributed by atoms with E-state index in [4.69, 9.17) is 0 Å². The van der Waals surface area contributed by atoms with Crippen LogP contribution in [0.1, 0.15) is 11.1 Å². The fraction of sp³-hybridized carbons (Fsp3) is 0.273. The third-order valence-electron chi connectivity index (χ3n) is 4.74. The van der Waals surface area contributed by atoms with Gasteiger partial charge in [0.25, 0.3) is 11.8 Å². The summed E-state index contributed by atoms with van der Waals surface area (Å²) in [5, 5.41) is 68.2. The van der Waals surface area contributed by atoms with Crippen LogP contribution in [0.5, 0.6) is 23.0 Å². The lowest BCUT2D eigenvalue weighted by Crippen LogP contribution is -2.34. The molecule has 16 heteroatoms. The minimum Gasteiger partial charge on any atom is -0.504 e.